The SMILES string of the molecule is CCC(Nc1c(Nc2cccc(C(=O)N(C)C)c2O)c(=O)[nH][nH]c1=O)c1ccc(C)o1. The predicted molar refractivity (Wildman–Crippen MR) is 117 cm³/mol. The smallest absolute Gasteiger partial charge is 0.288 e. The molecule has 0 radical (unpaired) electrons. The molecule has 3 rings (SSSR count). The van der Waals surface area contributed by atoms with Crippen LogP contribution in [0.2, 0.25) is 0 Å². The van der Waals surface area contributed by atoms with Crippen LogP contribution in [0.3, 0.4) is 0 Å². The van der Waals surface area contributed by atoms with Gasteiger partial charge in [-0.15, -0.1) is 0 Å². The van der Waals surface area contributed by atoms with E-state index in [1.165, 1.54) is 17.0 Å². The summed E-state index contributed by atoms with van der Waals surface area (Å²) in [5.74, 6) is 0.604. The molecule has 2 heterocycles. The van der Waals surface area contributed by atoms with Crippen molar-refractivity contribution in [3.05, 3.63) is 68.1 Å². The molecule has 0 aliphatic rings. The molecular formula is C21H25N5O5. The third-order valence-electron chi connectivity index (χ3n) is 4.76. The number of rotatable bonds is 7. The number of hydrogen-bond donors (Lipinski definition) is 5. The van der Waals surface area contributed by atoms with Crippen LogP contribution in [-0.2, 0) is 0 Å². The van der Waals surface area contributed by atoms with Crippen molar-refractivity contribution >= 4 is 23.0 Å². The second-order valence-electron chi connectivity index (χ2n) is 7.24. The van der Waals surface area contributed by atoms with E-state index in [4.69, 9.17) is 4.42 Å². The second-order valence-corrected chi connectivity index (χ2v) is 7.24. The number of aromatic hydroxyl groups is 1. The van der Waals surface area contributed by atoms with Crippen molar-refractivity contribution in [3.63, 3.8) is 0 Å². The highest BCUT2D eigenvalue weighted by atomic mass is 16.3. The first-order valence-corrected chi connectivity index (χ1v) is 9.71. The first-order chi connectivity index (χ1) is 14.7. The van der Waals surface area contributed by atoms with Gasteiger partial charge in [0, 0.05) is 14.1 Å². The van der Waals surface area contributed by atoms with E-state index in [1.807, 2.05) is 19.9 Å². The number of carbonyl (C=O) groups excluding carboxylic acids is 1. The van der Waals surface area contributed by atoms with E-state index in [-0.39, 0.29) is 34.4 Å². The Kier molecular flexibility index (Phi) is 6.19. The van der Waals surface area contributed by atoms with Crippen molar-refractivity contribution in [1.82, 2.24) is 15.1 Å². The minimum absolute atomic E-state index is 0.0200. The molecule has 1 unspecified atom stereocenters. The third-order valence-corrected chi connectivity index (χ3v) is 4.76. The van der Waals surface area contributed by atoms with Gasteiger partial charge in [-0.3, -0.25) is 24.6 Å². The van der Waals surface area contributed by atoms with E-state index in [0.29, 0.717) is 12.2 Å². The van der Waals surface area contributed by atoms with Crippen LogP contribution in [0.15, 0.2) is 44.3 Å². The molecule has 0 aliphatic carbocycles. The molecule has 1 atom stereocenters. The molecule has 3 aromatic rings. The molecule has 0 spiro atoms. The fourth-order valence-corrected chi connectivity index (χ4v) is 3.10. The molecule has 0 aliphatic heterocycles. The van der Waals surface area contributed by atoms with Crippen LogP contribution in [0.4, 0.5) is 17.1 Å². The van der Waals surface area contributed by atoms with Crippen molar-refractivity contribution in [2.75, 3.05) is 24.7 Å². The van der Waals surface area contributed by atoms with Crippen LogP contribution in [0.25, 0.3) is 0 Å². The van der Waals surface area contributed by atoms with E-state index in [0.717, 1.165) is 5.76 Å². The molecule has 2 aromatic heterocycles. The summed E-state index contributed by atoms with van der Waals surface area (Å²) in [6, 6.07) is 7.77. The number of amides is 1. The summed E-state index contributed by atoms with van der Waals surface area (Å²) in [4.78, 5) is 38.7. The van der Waals surface area contributed by atoms with E-state index in [1.54, 1.807) is 26.2 Å². The lowest BCUT2D eigenvalue weighted by Gasteiger charge is -2.19. The van der Waals surface area contributed by atoms with Gasteiger partial charge in [-0.05, 0) is 37.6 Å². The minimum atomic E-state index is -0.615. The standard InChI is InChI=1S/C21H25N5O5/c1-5-13(15-10-9-11(2)31-15)22-16-17(20(29)25-24-19(16)28)23-14-8-6-7-12(18(14)27)21(30)26(3)4/h6-10,13,27H,5H2,1-4H3,(H2,22,25,29)(H2,23,24,28). The van der Waals surface area contributed by atoms with Crippen molar-refractivity contribution in [2.24, 2.45) is 0 Å². The molecule has 0 bridgehead atoms. The van der Waals surface area contributed by atoms with Crippen molar-refractivity contribution in [2.45, 2.75) is 26.3 Å². The molecule has 0 saturated carbocycles. The average molecular weight is 427 g/mol. The number of nitrogens with one attached hydrogen (secondary N) is 4. The van der Waals surface area contributed by atoms with Crippen LogP contribution in [0, 0.1) is 6.92 Å². The number of hydrogen-bond acceptors (Lipinski definition) is 7. The Bertz CT molecular complexity index is 1210. The van der Waals surface area contributed by atoms with Crippen LogP contribution in [0.1, 0.15) is 41.3 Å². The number of aryl methyl sites for hydroxylation is 1. The number of para-hydroxylation sites is 1. The molecule has 10 heteroatoms. The molecule has 5 N–H and O–H groups in total. The molecule has 1 aromatic carbocycles. The van der Waals surface area contributed by atoms with Gasteiger partial charge in [0.25, 0.3) is 17.0 Å². The number of carbonyl (C=O) groups is 1. The number of phenols is 1. The number of phenolic OH excluding ortho intramolecular Hbond substituents is 1. The number of H-pyrrole nitrogens is 2. The number of benzene rings is 1. The normalized spacial score (nSPS) is 11.7. The molecule has 10 nitrogen and oxygen atoms in total. The maximum atomic E-state index is 12.5. The van der Waals surface area contributed by atoms with Gasteiger partial charge < -0.3 is 25.1 Å². The van der Waals surface area contributed by atoms with Gasteiger partial charge in [0.05, 0.1) is 17.3 Å². The molecule has 0 fully saturated rings. The monoisotopic (exact) mass is 427 g/mol. The van der Waals surface area contributed by atoms with Gasteiger partial charge in [0.15, 0.2) is 5.75 Å². The summed E-state index contributed by atoms with van der Waals surface area (Å²) in [5, 5.41) is 21.0. The van der Waals surface area contributed by atoms with Gasteiger partial charge in [-0.25, -0.2) is 0 Å². The first kappa shape index (κ1) is 21.8. The Morgan fingerprint density at radius 3 is 2.39 bits per heavy atom. The van der Waals surface area contributed by atoms with E-state index < -0.39 is 17.0 Å². The zero-order valence-electron chi connectivity index (χ0n) is 17.7. The van der Waals surface area contributed by atoms with Crippen molar-refractivity contribution in [1.29, 1.82) is 0 Å². The Balaban J connectivity index is 2.03. The van der Waals surface area contributed by atoms with Gasteiger partial charge in [-0.2, -0.15) is 0 Å². The predicted octanol–water partition coefficient (Wildman–Crippen LogP) is 2.68. The molecular weight excluding hydrogens is 402 g/mol. The lowest BCUT2D eigenvalue weighted by Crippen LogP contribution is -2.27. The highest BCUT2D eigenvalue weighted by Gasteiger charge is 2.21. The van der Waals surface area contributed by atoms with Gasteiger partial charge in [-0.1, -0.05) is 13.0 Å². The highest BCUT2D eigenvalue weighted by Crippen LogP contribution is 2.32. The Labute approximate surface area is 177 Å². The van der Waals surface area contributed by atoms with E-state index >= 15 is 0 Å². The Morgan fingerprint density at radius 2 is 1.81 bits per heavy atom. The lowest BCUT2D eigenvalue weighted by atomic mass is 10.1. The number of aromatic amines is 2. The zero-order chi connectivity index (χ0) is 22.7. The quantitative estimate of drug-likeness (QED) is 0.365. The topological polar surface area (TPSA) is 143 Å². The summed E-state index contributed by atoms with van der Waals surface area (Å²) in [6.07, 6.45) is 0.580. The number of nitrogens with zero attached hydrogens (tertiary/aromatic N) is 1. The number of anilines is 3. The van der Waals surface area contributed by atoms with Crippen molar-refractivity contribution in [3.8, 4) is 5.75 Å². The van der Waals surface area contributed by atoms with Crippen LogP contribution >= 0.6 is 0 Å². The van der Waals surface area contributed by atoms with Gasteiger partial charge in [0.2, 0.25) is 0 Å². The molecule has 1 amide bonds. The maximum absolute atomic E-state index is 12.5. The number of furan rings is 1. The summed E-state index contributed by atoms with van der Waals surface area (Å²) in [5.41, 5.74) is -1.14. The summed E-state index contributed by atoms with van der Waals surface area (Å²) in [7, 11) is 3.12. The second kappa shape index (κ2) is 8.82. The van der Waals surface area contributed by atoms with Gasteiger partial charge >= 0.3 is 0 Å². The lowest BCUT2D eigenvalue weighted by molar-refractivity contribution is 0.0824. The van der Waals surface area contributed by atoms with Crippen LogP contribution < -0.4 is 21.8 Å². The summed E-state index contributed by atoms with van der Waals surface area (Å²) in [6.45, 7) is 3.72. The molecule has 164 valence electrons. The Hall–Kier alpha value is -3.95. The maximum Gasteiger partial charge on any atom is 0.288 e. The van der Waals surface area contributed by atoms with Crippen LogP contribution in [-0.4, -0.2) is 40.2 Å². The van der Waals surface area contributed by atoms with Crippen LogP contribution in [0.5, 0.6) is 5.75 Å². The third kappa shape index (κ3) is 4.47. The summed E-state index contributed by atoms with van der Waals surface area (Å²) >= 11 is 0. The minimum Gasteiger partial charge on any atom is -0.505 e. The average Bonchev–Trinajstić information content (AvgIpc) is 3.17. The molecule has 0 saturated heterocycles. The Morgan fingerprint density at radius 1 is 1.13 bits per heavy atom. The van der Waals surface area contributed by atoms with E-state index in [2.05, 4.69) is 20.8 Å². The summed E-state index contributed by atoms with van der Waals surface area (Å²) < 4.78 is 5.66. The van der Waals surface area contributed by atoms with E-state index in [9.17, 15) is 19.5 Å². The zero-order valence-corrected chi connectivity index (χ0v) is 17.7. The first-order valence-electron chi connectivity index (χ1n) is 9.71. The van der Waals surface area contributed by atoms with Gasteiger partial charge in [0.1, 0.15) is 22.9 Å². The largest absolute Gasteiger partial charge is 0.505 e. The fourth-order valence-electron chi connectivity index (χ4n) is 3.10. The van der Waals surface area contributed by atoms with Crippen molar-refractivity contribution < 1.29 is 14.3 Å². The fraction of sp³-hybridized carbons (Fsp3) is 0.286. The number of aromatic nitrogens is 2. The molecule has 31 heavy (non-hydrogen) atoms. The highest BCUT2D eigenvalue weighted by molar-refractivity contribution is 5.98.